The summed E-state index contributed by atoms with van der Waals surface area (Å²) in [6.45, 7) is 0. The van der Waals surface area contributed by atoms with Gasteiger partial charge in [-0.15, -0.1) is 0 Å². The quantitative estimate of drug-likeness (QED) is 0.757. The molecule has 0 aromatic heterocycles. The Hall–Kier alpha value is -2.16. The van der Waals surface area contributed by atoms with E-state index in [1.165, 1.54) is 0 Å². The average Bonchev–Trinajstić information content (AvgIpc) is 2.54. The van der Waals surface area contributed by atoms with Gasteiger partial charge in [-0.05, 0) is 11.1 Å². The molecule has 5 heteroatoms. The van der Waals surface area contributed by atoms with Crippen LogP contribution in [0.1, 0.15) is 17.0 Å². The summed E-state index contributed by atoms with van der Waals surface area (Å²) < 4.78 is 12.3. The molecule has 23 heavy (non-hydrogen) atoms. The number of allylic oxidation sites excluding steroid dienone is 1. The molecule has 0 bridgehead atoms. The minimum Gasteiger partial charge on any atom is -0.481 e. The molecule has 0 aliphatic rings. The van der Waals surface area contributed by atoms with E-state index in [1.807, 2.05) is 30.3 Å². The van der Waals surface area contributed by atoms with Gasteiger partial charge in [-0.1, -0.05) is 72.8 Å². The number of rotatable bonds is 7. The number of hydrogen-bond donors (Lipinski definition) is 2. The van der Waals surface area contributed by atoms with Crippen LogP contribution in [-0.4, -0.2) is 28.3 Å². The van der Waals surface area contributed by atoms with Crippen LogP contribution >= 0.6 is 7.37 Å². The second-order valence-electron chi connectivity index (χ2n) is 5.33. The van der Waals surface area contributed by atoms with Crippen LogP contribution in [0.2, 0.25) is 0 Å². The third kappa shape index (κ3) is 5.51. The Bertz CT molecular complexity index is 710. The summed E-state index contributed by atoms with van der Waals surface area (Å²) in [6, 6.07) is 18.0. The summed E-state index contributed by atoms with van der Waals surface area (Å²) in [7, 11) is -3.57. The van der Waals surface area contributed by atoms with E-state index in [-0.39, 0.29) is 12.3 Å². The van der Waals surface area contributed by atoms with Crippen LogP contribution in [0.15, 0.2) is 66.7 Å². The molecule has 0 radical (unpaired) electrons. The van der Waals surface area contributed by atoms with Gasteiger partial charge in [-0.2, -0.15) is 0 Å². The summed E-state index contributed by atoms with van der Waals surface area (Å²) in [4.78, 5) is 21.5. The highest BCUT2D eigenvalue weighted by molar-refractivity contribution is 7.58. The molecule has 0 saturated carbocycles. The van der Waals surface area contributed by atoms with Gasteiger partial charge in [0.25, 0.3) is 0 Å². The number of hydrogen-bond acceptors (Lipinski definition) is 2. The molecule has 0 heterocycles. The number of benzene rings is 2. The SMILES string of the molecule is O=C(O)C(CP(=O)(O)CC=Cc1ccccc1)c1ccccc1. The first kappa shape index (κ1) is 17.2. The maximum atomic E-state index is 12.3. The molecule has 2 aromatic rings. The van der Waals surface area contributed by atoms with Crippen LogP contribution < -0.4 is 0 Å². The van der Waals surface area contributed by atoms with Gasteiger partial charge in [-0.3, -0.25) is 9.36 Å². The molecule has 0 spiro atoms. The molecule has 2 N–H and O–H groups in total. The van der Waals surface area contributed by atoms with Crippen LogP contribution in [0.3, 0.4) is 0 Å². The molecule has 2 rings (SSSR count). The van der Waals surface area contributed by atoms with Crippen molar-refractivity contribution in [3.05, 3.63) is 77.9 Å². The van der Waals surface area contributed by atoms with Crippen molar-refractivity contribution in [1.29, 1.82) is 0 Å². The Morgan fingerprint density at radius 1 is 1.04 bits per heavy atom. The lowest BCUT2D eigenvalue weighted by Gasteiger charge is -2.16. The normalized spacial score (nSPS) is 15.2. The van der Waals surface area contributed by atoms with Crippen molar-refractivity contribution in [1.82, 2.24) is 0 Å². The van der Waals surface area contributed by atoms with Crippen molar-refractivity contribution in [2.75, 3.05) is 12.3 Å². The summed E-state index contributed by atoms with van der Waals surface area (Å²) in [5.41, 5.74) is 1.48. The van der Waals surface area contributed by atoms with E-state index >= 15 is 0 Å². The summed E-state index contributed by atoms with van der Waals surface area (Å²) in [5.74, 6) is -2.06. The fraction of sp³-hybridized carbons (Fsp3) is 0.167. The van der Waals surface area contributed by atoms with Crippen LogP contribution in [0, 0.1) is 0 Å². The van der Waals surface area contributed by atoms with Crippen molar-refractivity contribution < 1.29 is 19.4 Å². The summed E-state index contributed by atoms with van der Waals surface area (Å²) in [5, 5.41) is 9.34. The second-order valence-corrected chi connectivity index (χ2v) is 7.75. The van der Waals surface area contributed by atoms with E-state index < -0.39 is 19.3 Å². The third-order valence-corrected chi connectivity index (χ3v) is 5.19. The van der Waals surface area contributed by atoms with Crippen molar-refractivity contribution in [2.24, 2.45) is 0 Å². The molecule has 0 aliphatic heterocycles. The molecular weight excluding hydrogens is 311 g/mol. The van der Waals surface area contributed by atoms with Crippen LogP contribution in [0.5, 0.6) is 0 Å². The highest BCUT2D eigenvalue weighted by atomic mass is 31.2. The first-order valence-corrected chi connectivity index (χ1v) is 9.31. The number of aliphatic carboxylic acids is 1. The fourth-order valence-electron chi connectivity index (χ4n) is 2.29. The van der Waals surface area contributed by atoms with Crippen LogP contribution in [-0.2, 0) is 9.36 Å². The zero-order valence-corrected chi connectivity index (χ0v) is 13.5. The lowest BCUT2D eigenvalue weighted by Crippen LogP contribution is -2.16. The zero-order valence-electron chi connectivity index (χ0n) is 12.6. The number of carbonyl (C=O) groups is 1. The maximum absolute atomic E-state index is 12.3. The molecule has 0 aliphatic carbocycles. The lowest BCUT2D eigenvalue weighted by molar-refractivity contribution is -0.138. The van der Waals surface area contributed by atoms with Gasteiger partial charge in [0.2, 0.25) is 7.37 Å². The average molecular weight is 330 g/mol. The molecular formula is C18H19O4P. The monoisotopic (exact) mass is 330 g/mol. The van der Waals surface area contributed by atoms with E-state index in [1.54, 1.807) is 42.5 Å². The van der Waals surface area contributed by atoms with Crippen molar-refractivity contribution in [3.63, 3.8) is 0 Å². The Labute approximate surface area is 135 Å². The van der Waals surface area contributed by atoms with Gasteiger partial charge in [-0.25, -0.2) is 0 Å². The predicted molar refractivity (Wildman–Crippen MR) is 91.9 cm³/mol. The standard InChI is InChI=1S/C18H19O4P/c19-18(20)17(16-11-5-2-6-12-16)14-23(21,22)13-7-10-15-8-3-1-4-9-15/h1-12,17H,13-14H2,(H,19,20)(H,21,22). The van der Waals surface area contributed by atoms with Gasteiger partial charge in [0.1, 0.15) is 0 Å². The van der Waals surface area contributed by atoms with Gasteiger partial charge in [0.05, 0.1) is 5.92 Å². The smallest absolute Gasteiger partial charge is 0.311 e. The zero-order chi connectivity index (χ0) is 16.7. The van der Waals surface area contributed by atoms with E-state index in [0.29, 0.717) is 5.56 Å². The fourth-order valence-corrected chi connectivity index (χ4v) is 3.81. The van der Waals surface area contributed by atoms with Gasteiger partial charge in [0.15, 0.2) is 0 Å². The summed E-state index contributed by atoms with van der Waals surface area (Å²) in [6.07, 6.45) is 3.07. The molecule has 2 aromatic carbocycles. The molecule has 2 atom stereocenters. The van der Waals surface area contributed by atoms with E-state index in [0.717, 1.165) is 5.56 Å². The van der Waals surface area contributed by atoms with Crippen LogP contribution in [0.25, 0.3) is 6.08 Å². The lowest BCUT2D eigenvalue weighted by atomic mass is 10.0. The first-order chi connectivity index (χ1) is 11.0. The maximum Gasteiger partial charge on any atom is 0.311 e. The van der Waals surface area contributed by atoms with Gasteiger partial charge < -0.3 is 10.00 Å². The van der Waals surface area contributed by atoms with Crippen LogP contribution in [0.4, 0.5) is 0 Å². The predicted octanol–water partition coefficient (Wildman–Crippen LogP) is 3.84. The number of carboxylic acid groups (broad SMARTS) is 1. The Morgan fingerprint density at radius 2 is 1.61 bits per heavy atom. The highest BCUT2D eigenvalue weighted by Crippen LogP contribution is 2.45. The summed E-state index contributed by atoms with van der Waals surface area (Å²) >= 11 is 0. The second kappa shape index (κ2) is 7.91. The molecule has 0 saturated heterocycles. The molecule has 120 valence electrons. The van der Waals surface area contributed by atoms with Crippen molar-refractivity contribution in [3.8, 4) is 0 Å². The largest absolute Gasteiger partial charge is 0.481 e. The van der Waals surface area contributed by atoms with Crippen molar-refractivity contribution in [2.45, 2.75) is 5.92 Å². The first-order valence-electron chi connectivity index (χ1n) is 7.28. The molecule has 4 nitrogen and oxygen atoms in total. The molecule has 0 amide bonds. The van der Waals surface area contributed by atoms with Gasteiger partial charge >= 0.3 is 5.97 Å². The highest BCUT2D eigenvalue weighted by Gasteiger charge is 2.29. The Balaban J connectivity index is 2.05. The Morgan fingerprint density at radius 3 is 2.17 bits per heavy atom. The topological polar surface area (TPSA) is 74.6 Å². The van der Waals surface area contributed by atoms with E-state index in [2.05, 4.69) is 0 Å². The number of carboxylic acids is 1. The van der Waals surface area contributed by atoms with Crippen molar-refractivity contribution >= 4 is 19.4 Å². The van der Waals surface area contributed by atoms with E-state index in [4.69, 9.17) is 0 Å². The van der Waals surface area contributed by atoms with E-state index in [9.17, 15) is 19.4 Å². The minimum absolute atomic E-state index is 0.0431. The molecule has 0 fully saturated rings. The Kier molecular flexibility index (Phi) is 5.91. The third-order valence-electron chi connectivity index (χ3n) is 3.47. The van der Waals surface area contributed by atoms with Gasteiger partial charge in [0, 0.05) is 12.3 Å². The minimum atomic E-state index is -3.57. The molecule has 2 unspecified atom stereocenters.